The van der Waals surface area contributed by atoms with Crippen LogP contribution in [0.5, 0.6) is 11.5 Å². The van der Waals surface area contributed by atoms with E-state index >= 15 is 0 Å². The summed E-state index contributed by atoms with van der Waals surface area (Å²) in [6, 6.07) is 10.6. The molecular formula is C16H17BrN2O3. The van der Waals surface area contributed by atoms with Crippen molar-refractivity contribution in [2.45, 2.75) is 6.92 Å². The number of ether oxygens (including phenoxy) is 2. The monoisotopic (exact) mass is 364 g/mol. The Kier molecular flexibility index (Phi) is 5.27. The lowest BCUT2D eigenvalue weighted by Gasteiger charge is -2.15. The summed E-state index contributed by atoms with van der Waals surface area (Å²) in [6.07, 6.45) is 0. The van der Waals surface area contributed by atoms with Crippen LogP contribution in [0.3, 0.4) is 0 Å². The molecule has 22 heavy (non-hydrogen) atoms. The summed E-state index contributed by atoms with van der Waals surface area (Å²) in [4.78, 5) is 12.2. The number of hydrogen-bond acceptors (Lipinski definition) is 3. The van der Waals surface area contributed by atoms with Gasteiger partial charge in [0.15, 0.2) is 0 Å². The molecule has 116 valence electrons. The predicted molar refractivity (Wildman–Crippen MR) is 91.1 cm³/mol. The molecule has 2 N–H and O–H groups in total. The van der Waals surface area contributed by atoms with Crippen molar-refractivity contribution in [1.29, 1.82) is 0 Å². The van der Waals surface area contributed by atoms with Crippen LogP contribution in [0.2, 0.25) is 0 Å². The van der Waals surface area contributed by atoms with Crippen molar-refractivity contribution in [2.24, 2.45) is 0 Å². The first-order chi connectivity index (χ1) is 10.5. The summed E-state index contributed by atoms with van der Waals surface area (Å²) >= 11 is 3.43. The molecule has 0 saturated carbocycles. The van der Waals surface area contributed by atoms with Crippen molar-refractivity contribution in [3.63, 3.8) is 0 Å². The molecule has 5 nitrogen and oxygen atoms in total. The van der Waals surface area contributed by atoms with E-state index in [-0.39, 0.29) is 6.03 Å². The van der Waals surface area contributed by atoms with Gasteiger partial charge in [0.25, 0.3) is 0 Å². The van der Waals surface area contributed by atoms with E-state index in [4.69, 9.17) is 9.47 Å². The highest BCUT2D eigenvalue weighted by atomic mass is 79.9. The highest BCUT2D eigenvalue weighted by molar-refractivity contribution is 9.10. The molecule has 0 bridgehead atoms. The number of para-hydroxylation sites is 1. The van der Waals surface area contributed by atoms with E-state index in [1.165, 1.54) is 14.2 Å². The maximum atomic E-state index is 12.2. The SMILES string of the molecule is COc1cccc(OC)c1NC(=O)Nc1ccc(C)cc1Br. The fourth-order valence-electron chi connectivity index (χ4n) is 1.96. The van der Waals surface area contributed by atoms with Gasteiger partial charge in [0, 0.05) is 4.47 Å². The number of carbonyl (C=O) groups excluding carboxylic acids is 1. The molecule has 2 aromatic carbocycles. The van der Waals surface area contributed by atoms with Crippen LogP contribution in [-0.2, 0) is 0 Å². The van der Waals surface area contributed by atoms with Crippen LogP contribution in [0.25, 0.3) is 0 Å². The van der Waals surface area contributed by atoms with Gasteiger partial charge in [-0.25, -0.2) is 4.79 Å². The van der Waals surface area contributed by atoms with E-state index in [9.17, 15) is 4.79 Å². The lowest BCUT2D eigenvalue weighted by molar-refractivity contribution is 0.262. The molecule has 0 aliphatic carbocycles. The lowest BCUT2D eigenvalue weighted by atomic mass is 10.2. The Morgan fingerprint density at radius 2 is 1.68 bits per heavy atom. The van der Waals surface area contributed by atoms with Gasteiger partial charge >= 0.3 is 6.03 Å². The van der Waals surface area contributed by atoms with Crippen LogP contribution in [-0.4, -0.2) is 20.3 Å². The van der Waals surface area contributed by atoms with E-state index in [1.807, 2.05) is 25.1 Å². The predicted octanol–water partition coefficient (Wildman–Crippen LogP) is 4.42. The topological polar surface area (TPSA) is 59.6 Å². The summed E-state index contributed by atoms with van der Waals surface area (Å²) in [5, 5.41) is 5.53. The summed E-state index contributed by atoms with van der Waals surface area (Å²) in [5.41, 5.74) is 2.26. The minimum Gasteiger partial charge on any atom is -0.494 e. The summed E-state index contributed by atoms with van der Waals surface area (Å²) in [6.45, 7) is 1.98. The number of amides is 2. The van der Waals surface area contributed by atoms with Crippen LogP contribution in [0.1, 0.15) is 5.56 Å². The van der Waals surface area contributed by atoms with Crippen molar-refractivity contribution in [2.75, 3.05) is 24.9 Å². The second-order valence-electron chi connectivity index (χ2n) is 4.60. The number of urea groups is 1. The van der Waals surface area contributed by atoms with Gasteiger partial charge in [0.1, 0.15) is 17.2 Å². The van der Waals surface area contributed by atoms with Crippen molar-refractivity contribution in [1.82, 2.24) is 0 Å². The molecule has 0 aliphatic heterocycles. The Hall–Kier alpha value is -2.21. The Morgan fingerprint density at radius 1 is 1.05 bits per heavy atom. The highest BCUT2D eigenvalue weighted by Gasteiger charge is 2.13. The zero-order valence-corrected chi connectivity index (χ0v) is 14.2. The Morgan fingerprint density at radius 3 is 2.23 bits per heavy atom. The van der Waals surface area contributed by atoms with Crippen LogP contribution in [0.15, 0.2) is 40.9 Å². The van der Waals surface area contributed by atoms with E-state index in [0.29, 0.717) is 22.9 Å². The molecule has 0 saturated heterocycles. The molecule has 2 amide bonds. The fourth-order valence-corrected chi connectivity index (χ4v) is 2.56. The average molecular weight is 365 g/mol. The maximum absolute atomic E-state index is 12.2. The van der Waals surface area contributed by atoms with Gasteiger partial charge in [0.2, 0.25) is 0 Å². The van der Waals surface area contributed by atoms with Gasteiger partial charge in [-0.05, 0) is 52.7 Å². The van der Waals surface area contributed by atoms with Gasteiger partial charge < -0.3 is 20.1 Å². The normalized spacial score (nSPS) is 10.0. The number of nitrogens with one attached hydrogen (secondary N) is 2. The first-order valence-corrected chi connectivity index (χ1v) is 7.39. The summed E-state index contributed by atoms with van der Waals surface area (Å²) in [5.74, 6) is 1.05. The van der Waals surface area contributed by atoms with Gasteiger partial charge in [0.05, 0.1) is 19.9 Å². The smallest absolute Gasteiger partial charge is 0.323 e. The number of methoxy groups -OCH3 is 2. The number of halogens is 1. The van der Waals surface area contributed by atoms with Crippen molar-refractivity contribution >= 4 is 33.3 Å². The third kappa shape index (κ3) is 3.71. The van der Waals surface area contributed by atoms with Crippen LogP contribution in [0.4, 0.5) is 16.2 Å². The zero-order chi connectivity index (χ0) is 16.1. The third-order valence-electron chi connectivity index (χ3n) is 3.04. The number of benzene rings is 2. The molecule has 0 atom stereocenters. The van der Waals surface area contributed by atoms with Crippen molar-refractivity contribution < 1.29 is 14.3 Å². The van der Waals surface area contributed by atoms with Gasteiger partial charge in [-0.2, -0.15) is 0 Å². The second kappa shape index (κ2) is 7.17. The van der Waals surface area contributed by atoms with Gasteiger partial charge in [-0.15, -0.1) is 0 Å². The zero-order valence-electron chi connectivity index (χ0n) is 12.6. The highest BCUT2D eigenvalue weighted by Crippen LogP contribution is 2.34. The molecule has 0 unspecified atom stereocenters. The minimum atomic E-state index is -0.382. The number of aryl methyl sites for hydroxylation is 1. The lowest BCUT2D eigenvalue weighted by Crippen LogP contribution is -2.20. The molecule has 0 heterocycles. The van der Waals surface area contributed by atoms with Gasteiger partial charge in [-0.1, -0.05) is 12.1 Å². The van der Waals surface area contributed by atoms with E-state index in [1.54, 1.807) is 18.2 Å². The summed E-state index contributed by atoms with van der Waals surface area (Å²) < 4.78 is 11.3. The quantitative estimate of drug-likeness (QED) is 0.843. The number of carbonyl (C=O) groups is 1. The maximum Gasteiger partial charge on any atom is 0.323 e. The molecule has 0 aromatic heterocycles. The third-order valence-corrected chi connectivity index (χ3v) is 3.70. The first-order valence-electron chi connectivity index (χ1n) is 6.60. The van der Waals surface area contributed by atoms with E-state index in [0.717, 1.165) is 10.0 Å². The van der Waals surface area contributed by atoms with E-state index in [2.05, 4.69) is 26.6 Å². The fraction of sp³-hybridized carbons (Fsp3) is 0.188. The standard InChI is InChI=1S/C16H17BrN2O3/c1-10-7-8-12(11(17)9-10)18-16(20)19-15-13(21-2)5-4-6-14(15)22-3/h4-9H,1-3H3,(H2,18,19,20). The molecule has 0 spiro atoms. The van der Waals surface area contributed by atoms with Crippen molar-refractivity contribution in [3.8, 4) is 11.5 Å². The molecule has 2 rings (SSSR count). The van der Waals surface area contributed by atoms with E-state index < -0.39 is 0 Å². The number of rotatable bonds is 4. The Bertz CT molecular complexity index is 667. The van der Waals surface area contributed by atoms with Crippen LogP contribution < -0.4 is 20.1 Å². The summed E-state index contributed by atoms with van der Waals surface area (Å²) in [7, 11) is 3.07. The van der Waals surface area contributed by atoms with Crippen LogP contribution >= 0.6 is 15.9 Å². The molecule has 0 radical (unpaired) electrons. The molecule has 6 heteroatoms. The minimum absolute atomic E-state index is 0.382. The average Bonchev–Trinajstić information content (AvgIpc) is 2.50. The number of anilines is 2. The Labute approximate surface area is 137 Å². The molecule has 0 fully saturated rings. The number of hydrogen-bond donors (Lipinski definition) is 2. The molecule has 0 aliphatic rings. The second-order valence-corrected chi connectivity index (χ2v) is 5.45. The van der Waals surface area contributed by atoms with Gasteiger partial charge in [-0.3, -0.25) is 0 Å². The van der Waals surface area contributed by atoms with Crippen molar-refractivity contribution in [3.05, 3.63) is 46.4 Å². The first kappa shape index (κ1) is 16.2. The molecular weight excluding hydrogens is 348 g/mol. The Balaban J connectivity index is 2.19. The van der Waals surface area contributed by atoms with Crippen LogP contribution in [0, 0.1) is 6.92 Å². The largest absolute Gasteiger partial charge is 0.494 e. The molecule has 2 aromatic rings.